The number of nitrogens with one attached hydrogen (secondary N) is 1. The third-order valence-electron chi connectivity index (χ3n) is 5.51. The van der Waals surface area contributed by atoms with Gasteiger partial charge in [0.1, 0.15) is 0 Å². The summed E-state index contributed by atoms with van der Waals surface area (Å²) in [5.41, 5.74) is 5.20. The zero-order valence-corrected chi connectivity index (χ0v) is 13.3. The second-order valence-electron chi connectivity index (χ2n) is 6.99. The zero-order valence-electron chi connectivity index (χ0n) is 13.3. The number of hydrogen-bond acceptors (Lipinski definition) is 3. The normalized spacial score (nSPS) is 32.9. The van der Waals surface area contributed by atoms with Crippen molar-refractivity contribution in [1.29, 1.82) is 0 Å². The van der Waals surface area contributed by atoms with Crippen LogP contribution in [0.2, 0.25) is 0 Å². The second kappa shape index (κ2) is 6.44. The smallest absolute Gasteiger partial charge is 0.237 e. The van der Waals surface area contributed by atoms with Crippen molar-refractivity contribution in [2.24, 2.45) is 17.6 Å². The van der Waals surface area contributed by atoms with E-state index < -0.39 is 5.54 Å². The van der Waals surface area contributed by atoms with E-state index in [-0.39, 0.29) is 5.91 Å². The van der Waals surface area contributed by atoms with Crippen LogP contribution in [0.1, 0.15) is 52.9 Å². The van der Waals surface area contributed by atoms with Crippen LogP contribution in [0.5, 0.6) is 0 Å². The maximum Gasteiger partial charge on any atom is 0.237 e. The van der Waals surface area contributed by atoms with Crippen LogP contribution in [0.25, 0.3) is 0 Å². The van der Waals surface area contributed by atoms with Crippen molar-refractivity contribution >= 4 is 5.91 Å². The van der Waals surface area contributed by atoms with Gasteiger partial charge in [-0.15, -0.1) is 0 Å². The van der Waals surface area contributed by atoms with Gasteiger partial charge >= 0.3 is 0 Å². The monoisotopic (exact) mass is 281 g/mol. The van der Waals surface area contributed by atoms with Crippen molar-refractivity contribution in [3.63, 3.8) is 0 Å². The van der Waals surface area contributed by atoms with Crippen molar-refractivity contribution in [3.8, 4) is 0 Å². The van der Waals surface area contributed by atoms with Gasteiger partial charge in [-0.25, -0.2) is 0 Å². The van der Waals surface area contributed by atoms with Crippen molar-refractivity contribution < 1.29 is 4.79 Å². The minimum Gasteiger partial charge on any atom is -0.368 e. The van der Waals surface area contributed by atoms with Gasteiger partial charge in [0.25, 0.3) is 0 Å². The average Bonchev–Trinajstić information content (AvgIpc) is 2.85. The van der Waals surface area contributed by atoms with Crippen LogP contribution in [-0.4, -0.2) is 42.0 Å². The molecule has 0 bridgehead atoms. The maximum absolute atomic E-state index is 11.8. The van der Waals surface area contributed by atoms with Crippen molar-refractivity contribution in [2.75, 3.05) is 19.6 Å². The lowest BCUT2D eigenvalue weighted by molar-refractivity contribution is -0.124. The molecule has 3 N–H and O–H groups in total. The Kier molecular flexibility index (Phi) is 5.08. The summed E-state index contributed by atoms with van der Waals surface area (Å²) in [5.74, 6) is 1.51. The number of piperidine rings is 1. The van der Waals surface area contributed by atoms with Gasteiger partial charge in [-0.05, 0) is 63.6 Å². The van der Waals surface area contributed by atoms with Gasteiger partial charge in [-0.1, -0.05) is 20.8 Å². The molecule has 1 heterocycles. The molecule has 116 valence electrons. The highest BCUT2D eigenvalue weighted by molar-refractivity contribution is 5.85. The first-order valence-corrected chi connectivity index (χ1v) is 8.27. The minimum absolute atomic E-state index is 0.168. The molecule has 2 rings (SSSR count). The Morgan fingerprint density at radius 3 is 2.50 bits per heavy atom. The van der Waals surface area contributed by atoms with Gasteiger partial charge in [0.15, 0.2) is 0 Å². The third-order valence-corrected chi connectivity index (χ3v) is 5.51. The Hall–Kier alpha value is -0.610. The molecular formula is C16H31N3O. The Morgan fingerprint density at radius 1 is 1.35 bits per heavy atom. The molecule has 0 aromatic carbocycles. The number of nitrogens with two attached hydrogens (primary N) is 1. The predicted octanol–water partition coefficient (Wildman–Crippen LogP) is 1.74. The van der Waals surface area contributed by atoms with Crippen LogP contribution < -0.4 is 11.1 Å². The number of carbonyl (C=O) groups excluding carboxylic acids is 1. The number of primary amides is 1. The lowest BCUT2D eigenvalue weighted by Crippen LogP contribution is -2.54. The van der Waals surface area contributed by atoms with Crippen molar-refractivity contribution in [3.05, 3.63) is 0 Å². The Balaban J connectivity index is 1.91. The van der Waals surface area contributed by atoms with Crippen molar-refractivity contribution in [2.45, 2.75) is 64.5 Å². The Morgan fingerprint density at radius 2 is 2.00 bits per heavy atom. The molecule has 0 spiro atoms. The largest absolute Gasteiger partial charge is 0.368 e. The molecule has 4 nitrogen and oxygen atoms in total. The average molecular weight is 281 g/mol. The number of likely N-dealkylation sites (N-methyl/N-ethyl adjacent to an activating group) is 1. The molecule has 2 aliphatic rings. The molecule has 1 amide bonds. The van der Waals surface area contributed by atoms with E-state index in [2.05, 4.69) is 24.1 Å². The number of likely N-dealkylation sites (tertiary alicyclic amines) is 1. The summed E-state index contributed by atoms with van der Waals surface area (Å²) in [4.78, 5) is 14.4. The standard InChI is InChI=1S/C16H31N3O/c1-4-18-16(15(17)20)8-5-14(11-16)19-9-6-13(7-10-19)12(2)3/h12-14,18H,4-11H2,1-3H3,(H2,17,20). The number of carbonyl (C=O) groups is 1. The Labute approximate surface area is 123 Å². The Bertz CT molecular complexity index is 337. The van der Waals surface area contributed by atoms with E-state index in [1.54, 1.807) is 0 Å². The summed E-state index contributed by atoms with van der Waals surface area (Å²) >= 11 is 0. The zero-order chi connectivity index (χ0) is 14.8. The molecule has 0 aromatic rings. The van der Waals surface area contributed by atoms with Gasteiger partial charge in [0, 0.05) is 6.04 Å². The predicted molar refractivity (Wildman–Crippen MR) is 82.4 cm³/mol. The summed E-state index contributed by atoms with van der Waals surface area (Å²) in [6.07, 6.45) is 5.49. The highest BCUT2D eigenvalue weighted by Gasteiger charge is 2.45. The highest BCUT2D eigenvalue weighted by Crippen LogP contribution is 2.35. The van der Waals surface area contributed by atoms with Gasteiger partial charge in [-0.3, -0.25) is 4.79 Å². The van der Waals surface area contributed by atoms with Crippen LogP contribution in [0.3, 0.4) is 0 Å². The molecular weight excluding hydrogens is 250 g/mol. The van der Waals surface area contributed by atoms with Crippen LogP contribution in [-0.2, 0) is 4.79 Å². The van der Waals surface area contributed by atoms with Gasteiger partial charge in [0.05, 0.1) is 5.54 Å². The summed E-state index contributed by atoms with van der Waals surface area (Å²) in [5, 5.41) is 3.35. The molecule has 1 aliphatic heterocycles. The first-order chi connectivity index (χ1) is 9.48. The summed E-state index contributed by atoms with van der Waals surface area (Å²) in [6.45, 7) is 9.90. The van der Waals surface area contributed by atoms with Crippen molar-refractivity contribution in [1.82, 2.24) is 10.2 Å². The first kappa shape index (κ1) is 15.8. The molecule has 2 fully saturated rings. The molecule has 1 saturated carbocycles. The number of rotatable bonds is 5. The fourth-order valence-electron chi connectivity index (χ4n) is 4.09. The van der Waals surface area contributed by atoms with E-state index >= 15 is 0 Å². The fraction of sp³-hybridized carbons (Fsp3) is 0.938. The minimum atomic E-state index is -0.450. The highest BCUT2D eigenvalue weighted by atomic mass is 16.1. The summed E-state index contributed by atoms with van der Waals surface area (Å²) in [6, 6.07) is 0.537. The topological polar surface area (TPSA) is 58.4 Å². The SMILES string of the molecule is CCNC1(C(N)=O)CCC(N2CCC(C(C)C)CC2)C1. The third kappa shape index (κ3) is 3.17. The lowest BCUT2D eigenvalue weighted by atomic mass is 9.86. The number of nitrogens with zero attached hydrogens (tertiary/aromatic N) is 1. The van der Waals surface area contributed by atoms with E-state index in [0.29, 0.717) is 6.04 Å². The van der Waals surface area contributed by atoms with Gasteiger partial charge in [0.2, 0.25) is 5.91 Å². The molecule has 4 heteroatoms. The molecule has 2 unspecified atom stereocenters. The van der Waals surface area contributed by atoms with E-state index in [1.165, 1.54) is 25.9 Å². The number of hydrogen-bond donors (Lipinski definition) is 2. The van der Waals surface area contributed by atoms with E-state index in [4.69, 9.17) is 5.73 Å². The molecule has 0 radical (unpaired) electrons. The van der Waals surface area contributed by atoms with E-state index in [1.807, 2.05) is 6.92 Å². The lowest BCUT2D eigenvalue weighted by Gasteiger charge is -2.38. The van der Waals surface area contributed by atoms with Crippen LogP contribution in [0.4, 0.5) is 0 Å². The van der Waals surface area contributed by atoms with Crippen LogP contribution in [0.15, 0.2) is 0 Å². The fourth-order valence-corrected chi connectivity index (χ4v) is 4.09. The maximum atomic E-state index is 11.8. The van der Waals surface area contributed by atoms with E-state index in [9.17, 15) is 4.79 Å². The number of amides is 1. The molecule has 2 atom stereocenters. The first-order valence-electron chi connectivity index (χ1n) is 8.27. The van der Waals surface area contributed by atoms with Gasteiger partial charge < -0.3 is 16.0 Å². The van der Waals surface area contributed by atoms with Crippen LogP contribution >= 0.6 is 0 Å². The second-order valence-corrected chi connectivity index (χ2v) is 6.99. The molecule has 0 aromatic heterocycles. The summed E-state index contributed by atoms with van der Waals surface area (Å²) in [7, 11) is 0. The molecule has 20 heavy (non-hydrogen) atoms. The molecule has 1 aliphatic carbocycles. The quantitative estimate of drug-likeness (QED) is 0.807. The molecule has 1 saturated heterocycles. The van der Waals surface area contributed by atoms with Gasteiger partial charge in [-0.2, -0.15) is 0 Å². The van der Waals surface area contributed by atoms with Crippen LogP contribution in [0, 0.1) is 11.8 Å². The van der Waals surface area contributed by atoms with E-state index in [0.717, 1.165) is 37.6 Å². The summed E-state index contributed by atoms with van der Waals surface area (Å²) < 4.78 is 0.